The van der Waals surface area contributed by atoms with Gasteiger partial charge in [-0.25, -0.2) is 4.98 Å². The summed E-state index contributed by atoms with van der Waals surface area (Å²) in [7, 11) is 0. The van der Waals surface area contributed by atoms with Crippen LogP contribution in [0.15, 0.2) is 67.3 Å². The molecule has 1 aromatic carbocycles. The number of rotatable bonds is 5. The van der Waals surface area contributed by atoms with Crippen LogP contribution in [0.5, 0.6) is 0 Å². The second-order valence-electron chi connectivity index (χ2n) is 6.09. The number of aromatic nitrogens is 3. The highest BCUT2D eigenvalue weighted by Gasteiger charge is 2.11. The van der Waals surface area contributed by atoms with Crippen molar-refractivity contribution in [1.82, 2.24) is 15.0 Å². The molecule has 28 heavy (non-hydrogen) atoms. The Hall–Kier alpha value is -3.69. The molecule has 0 fully saturated rings. The number of halogens is 1. The number of pyridine rings is 3. The lowest BCUT2D eigenvalue weighted by Gasteiger charge is -2.13. The molecule has 3 aromatic heterocycles. The van der Waals surface area contributed by atoms with Crippen molar-refractivity contribution in [3.05, 3.63) is 83.4 Å². The van der Waals surface area contributed by atoms with Crippen molar-refractivity contribution in [2.24, 2.45) is 0 Å². The van der Waals surface area contributed by atoms with Gasteiger partial charge in [-0.2, -0.15) is 5.26 Å². The average Bonchev–Trinajstić information content (AvgIpc) is 2.74. The second kappa shape index (κ2) is 7.91. The van der Waals surface area contributed by atoms with Crippen LogP contribution < -0.4 is 10.6 Å². The molecule has 0 aliphatic carbocycles. The molecular weight excluding hydrogens is 372 g/mol. The second-order valence-corrected chi connectivity index (χ2v) is 6.53. The Bertz CT molecular complexity index is 1150. The Labute approximate surface area is 166 Å². The molecular formula is C21H15ClN6. The van der Waals surface area contributed by atoms with E-state index in [0.717, 1.165) is 16.6 Å². The summed E-state index contributed by atoms with van der Waals surface area (Å²) in [6.07, 6.45) is 6.78. The highest BCUT2D eigenvalue weighted by molar-refractivity contribution is 6.30. The van der Waals surface area contributed by atoms with Gasteiger partial charge in [0.2, 0.25) is 0 Å². The molecule has 0 spiro atoms. The van der Waals surface area contributed by atoms with Crippen molar-refractivity contribution >= 4 is 39.7 Å². The predicted molar refractivity (Wildman–Crippen MR) is 111 cm³/mol. The van der Waals surface area contributed by atoms with Crippen molar-refractivity contribution in [2.45, 2.75) is 6.54 Å². The summed E-state index contributed by atoms with van der Waals surface area (Å²) < 4.78 is 0. The highest BCUT2D eigenvalue weighted by Crippen LogP contribution is 2.30. The number of fused-ring (bicyclic) bond motifs is 1. The molecule has 0 unspecified atom stereocenters. The molecule has 0 amide bonds. The van der Waals surface area contributed by atoms with E-state index in [9.17, 15) is 5.26 Å². The van der Waals surface area contributed by atoms with Crippen LogP contribution in [0.3, 0.4) is 0 Å². The molecule has 0 aliphatic rings. The van der Waals surface area contributed by atoms with E-state index in [0.29, 0.717) is 34.2 Å². The van der Waals surface area contributed by atoms with Crippen LogP contribution >= 0.6 is 11.6 Å². The fraction of sp³-hybridized carbons (Fsp3) is 0.0476. The zero-order valence-electron chi connectivity index (χ0n) is 14.7. The molecule has 2 N–H and O–H groups in total. The van der Waals surface area contributed by atoms with Crippen LogP contribution in [0.1, 0.15) is 11.1 Å². The van der Waals surface area contributed by atoms with Gasteiger partial charge in [0.25, 0.3) is 0 Å². The molecule has 7 heteroatoms. The number of nitrogens with zero attached hydrogens (tertiary/aromatic N) is 4. The molecule has 0 saturated heterocycles. The number of hydrogen-bond acceptors (Lipinski definition) is 6. The van der Waals surface area contributed by atoms with E-state index >= 15 is 0 Å². The molecule has 3 heterocycles. The van der Waals surface area contributed by atoms with Crippen LogP contribution in [0.25, 0.3) is 10.9 Å². The lowest BCUT2D eigenvalue weighted by molar-refractivity contribution is 1.09. The third kappa shape index (κ3) is 3.85. The van der Waals surface area contributed by atoms with Gasteiger partial charge in [0, 0.05) is 41.2 Å². The van der Waals surface area contributed by atoms with Gasteiger partial charge in [-0.15, -0.1) is 0 Å². The van der Waals surface area contributed by atoms with E-state index in [4.69, 9.17) is 11.6 Å². The summed E-state index contributed by atoms with van der Waals surface area (Å²) in [6.45, 7) is 0.595. The molecule has 0 radical (unpaired) electrons. The molecule has 6 nitrogen and oxygen atoms in total. The first-order valence-corrected chi connectivity index (χ1v) is 8.95. The van der Waals surface area contributed by atoms with E-state index < -0.39 is 0 Å². The third-order valence-corrected chi connectivity index (χ3v) is 4.44. The molecule has 4 aromatic rings. The minimum absolute atomic E-state index is 0.451. The SMILES string of the molecule is N#Cc1cnc2cnc(NCc3cccnc3)cc2c1Nc1ccc(Cl)cc1. The zero-order chi connectivity index (χ0) is 19.3. The van der Waals surface area contributed by atoms with Crippen molar-refractivity contribution in [2.75, 3.05) is 10.6 Å². The van der Waals surface area contributed by atoms with Gasteiger partial charge in [0.15, 0.2) is 0 Å². The smallest absolute Gasteiger partial charge is 0.126 e. The normalized spacial score (nSPS) is 10.4. The van der Waals surface area contributed by atoms with E-state index in [2.05, 4.69) is 31.7 Å². The van der Waals surface area contributed by atoms with Crippen molar-refractivity contribution in [3.8, 4) is 6.07 Å². The van der Waals surface area contributed by atoms with Crippen molar-refractivity contribution < 1.29 is 0 Å². The molecule has 0 aliphatic heterocycles. The standard InChI is InChI=1S/C21H15ClN6/c22-16-3-5-17(6-4-16)28-21-15(9-23)12-25-19-13-27-20(8-18(19)21)26-11-14-2-1-7-24-10-14/h1-8,10,12-13H,11H2,(H,25,28)(H,26,27). The lowest BCUT2D eigenvalue weighted by atomic mass is 10.1. The van der Waals surface area contributed by atoms with Gasteiger partial charge < -0.3 is 10.6 Å². The first-order chi connectivity index (χ1) is 13.7. The van der Waals surface area contributed by atoms with E-state index in [1.165, 1.54) is 0 Å². The van der Waals surface area contributed by atoms with Crippen LogP contribution in [-0.2, 0) is 6.54 Å². The summed E-state index contributed by atoms with van der Waals surface area (Å²) in [5.41, 5.74) is 3.71. The summed E-state index contributed by atoms with van der Waals surface area (Å²) in [5, 5.41) is 17.6. The quantitative estimate of drug-likeness (QED) is 0.507. The Kier molecular flexibility index (Phi) is 5.00. The fourth-order valence-electron chi connectivity index (χ4n) is 2.78. The fourth-order valence-corrected chi connectivity index (χ4v) is 2.91. The molecule has 0 bridgehead atoms. The van der Waals surface area contributed by atoms with Gasteiger partial charge in [0.05, 0.1) is 23.0 Å². The Morgan fingerprint density at radius 3 is 2.64 bits per heavy atom. The van der Waals surface area contributed by atoms with Crippen molar-refractivity contribution in [1.29, 1.82) is 5.26 Å². The van der Waals surface area contributed by atoms with Crippen molar-refractivity contribution in [3.63, 3.8) is 0 Å². The largest absolute Gasteiger partial charge is 0.366 e. The molecule has 0 atom stereocenters. The predicted octanol–water partition coefficient (Wildman–Crippen LogP) is 4.91. The molecule has 4 rings (SSSR count). The molecule has 0 saturated carbocycles. The van der Waals surface area contributed by atoms with Crippen LogP contribution in [-0.4, -0.2) is 15.0 Å². The van der Waals surface area contributed by atoms with Crippen LogP contribution in [0.4, 0.5) is 17.2 Å². The summed E-state index contributed by atoms with van der Waals surface area (Å²) in [4.78, 5) is 12.9. The number of nitrogens with one attached hydrogen (secondary N) is 2. The topological polar surface area (TPSA) is 86.5 Å². The first-order valence-electron chi connectivity index (χ1n) is 8.57. The lowest BCUT2D eigenvalue weighted by Crippen LogP contribution is -2.03. The number of nitriles is 1. The van der Waals surface area contributed by atoms with Crippen LogP contribution in [0, 0.1) is 11.3 Å². The molecule has 136 valence electrons. The minimum Gasteiger partial charge on any atom is -0.366 e. The maximum Gasteiger partial charge on any atom is 0.126 e. The summed E-state index contributed by atoms with van der Waals surface area (Å²) in [5.74, 6) is 0.687. The van der Waals surface area contributed by atoms with Gasteiger partial charge in [-0.05, 0) is 42.0 Å². The van der Waals surface area contributed by atoms with E-state index in [1.807, 2.05) is 30.3 Å². The van der Waals surface area contributed by atoms with Gasteiger partial charge in [0.1, 0.15) is 11.9 Å². The highest BCUT2D eigenvalue weighted by atomic mass is 35.5. The van der Waals surface area contributed by atoms with E-state index in [1.54, 1.807) is 36.9 Å². The Balaban J connectivity index is 1.69. The Morgan fingerprint density at radius 2 is 1.89 bits per heavy atom. The number of benzene rings is 1. The maximum absolute atomic E-state index is 9.53. The first kappa shape index (κ1) is 17.7. The third-order valence-electron chi connectivity index (χ3n) is 4.18. The van der Waals surface area contributed by atoms with Crippen LogP contribution in [0.2, 0.25) is 5.02 Å². The monoisotopic (exact) mass is 386 g/mol. The minimum atomic E-state index is 0.451. The maximum atomic E-state index is 9.53. The number of hydrogen-bond donors (Lipinski definition) is 2. The zero-order valence-corrected chi connectivity index (χ0v) is 15.5. The van der Waals surface area contributed by atoms with E-state index in [-0.39, 0.29) is 0 Å². The number of anilines is 3. The summed E-state index contributed by atoms with van der Waals surface area (Å²) in [6, 6.07) is 15.3. The Morgan fingerprint density at radius 1 is 1.04 bits per heavy atom. The van der Waals surface area contributed by atoms with Gasteiger partial charge in [-0.1, -0.05) is 17.7 Å². The van der Waals surface area contributed by atoms with Gasteiger partial charge >= 0.3 is 0 Å². The average molecular weight is 387 g/mol. The van der Waals surface area contributed by atoms with Gasteiger partial charge in [-0.3, -0.25) is 9.97 Å². The summed E-state index contributed by atoms with van der Waals surface area (Å²) >= 11 is 5.96.